The van der Waals surface area contributed by atoms with Crippen molar-refractivity contribution in [2.24, 2.45) is 0 Å². The van der Waals surface area contributed by atoms with Gasteiger partial charge in [0.1, 0.15) is 17.5 Å². The molecule has 1 atom stereocenters. The molecule has 1 aromatic carbocycles. The van der Waals surface area contributed by atoms with Gasteiger partial charge >= 0.3 is 0 Å². The first-order valence-corrected chi connectivity index (χ1v) is 6.40. The summed E-state index contributed by atoms with van der Waals surface area (Å²) in [7, 11) is 0. The summed E-state index contributed by atoms with van der Waals surface area (Å²) in [6.45, 7) is 3.37. The first-order chi connectivity index (χ1) is 8.97. The molecule has 0 saturated heterocycles. The normalized spacial score (nSPS) is 12.4. The van der Waals surface area contributed by atoms with Crippen molar-refractivity contribution in [3.05, 3.63) is 41.2 Å². The number of ketones is 1. The third-order valence-corrected chi connectivity index (χ3v) is 3.39. The van der Waals surface area contributed by atoms with Crippen LogP contribution in [0.1, 0.15) is 23.1 Å². The van der Waals surface area contributed by atoms with E-state index >= 15 is 0 Å². The number of thioether (sulfide) groups is 1. The van der Waals surface area contributed by atoms with Crippen LogP contribution in [-0.4, -0.2) is 26.2 Å². The van der Waals surface area contributed by atoms with E-state index in [0.29, 0.717) is 17.0 Å². The van der Waals surface area contributed by atoms with Crippen molar-refractivity contribution in [1.82, 2.24) is 15.2 Å². The van der Waals surface area contributed by atoms with Crippen LogP contribution in [-0.2, 0) is 0 Å². The van der Waals surface area contributed by atoms with Gasteiger partial charge in [0.2, 0.25) is 5.16 Å². The number of rotatable bonds is 4. The summed E-state index contributed by atoms with van der Waals surface area (Å²) in [5, 5.41) is 6.40. The van der Waals surface area contributed by atoms with E-state index in [4.69, 9.17) is 0 Å². The zero-order chi connectivity index (χ0) is 14.0. The fraction of sp³-hybridized carbons (Fsp3) is 0.250. The summed E-state index contributed by atoms with van der Waals surface area (Å²) < 4.78 is 26.3. The van der Waals surface area contributed by atoms with E-state index in [-0.39, 0.29) is 5.56 Å². The van der Waals surface area contributed by atoms with Crippen LogP contribution in [0.3, 0.4) is 0 Å². The number of carbonyl (C=O) groups excluding carboxylic acids is 1. The Balaban J connectivity index is 2.14. The molecule has 0 amide bonds. The number of aromatic nitrogens is 3. The van der Waals surface area contributed by atoms with Crippen molar-refractivity contribution in [3.63, 3.8) is 0 Å². The number of aryl methyl sites for hydroxylation is 1. The molecule has 2 aromatic rings. The topological polar surface area (TPSA) is 58.6 Å². The zero-order valence-electron chi connectivity index (χ0n) is 10.3. The van der Waals surface area contributed by atoms with Crippen LogP contribution in [0.2, 0.25) is 0 Å². The van der Waals surface area contributed by atoms with Gasteiger partial charge in [-0.05, 0) is 26.0 Å². The molecule has 0 spiro atoms. The minimum atomic E-state index is -0.858. The predicted molar refractivity (Wildman–Crippen MR) is 67.1 cm³/mol. The van der Waals surface area contributed by atoms with Crippen molar-refractivity contribution in [3.8, 4) is 0 Å². The number of hydrogen-bond acceptors (Lipinski definition) is 4. The molecular formula is C12H11F2N3OS. The Morgan fingerprint density at radius 1 is 1.42 bits per heavy atom. The molecule has 1 heterocycles. The van der Waals surface area contributed by atoms with E-state index < -0.39 is 22.7 Å². The van der Waals surface area contributed by atoms with Crippen molar-refractivity contribution in [2.45, 2.75) is 24.3 Å². The van der Waals surface area contributed by atoms with Gasteiger partial charge < -0.3 is 0 Å². The highest BCUT2D eigenvalue weighted by molar-refractivity contribution is 8.00. The molecule has 0 aliphatic carbocycles. The Hall–Kier alpha value is -1.76. The predicted octanol–water partition coefficient (Wildman–Crippen LogP) is 2.75. The van der Waals surface area contributed by atoms with E-state index in [0.717, 1.165) is 23.9 Å². The average molecular weight is 283 g/mol. The number of carbonyl (C=O) groups is 1. The van der Waals surface area contributed by atoms with Gasteiger partial charge in [-0.25, -0.2) is 13.8 Å². The first-order valence-electron chi connectivity index (χ1n) is 5.52. The average Bonchev–Trinajstić information content (AvgIpc) is 2.74. The number of halogens is 2. The maximum atomic E-state index is 13.5. The lowest BCUT2D eigenvalue weighted by Crippen LogP contribution is -2.15. The summed E-state index contributed by atoms with van der Waals surface area (Å²) in [5.74, 6) is -1.36. The Morgan fingerprint density at radius 3 is 2.74 bits per heavy atom. The number of hydrogen-bond donors (Lipinski definition) is 1. The Bertz CT molecular complexity index is 615. The lowest BCUT2D eigenvalue weighted by Gasteiger charge is -2.08. The third kappa shape index (κ3) is 3.17. The molecule has 4 nitrogen and oxygen atoms in total. The number of H-pyrrole nitrogens is 1. The lowest BCUT2D eigenvalue weighted by atomic mass is 10.1. The highest BCUT2D eigenvalue weighted by Crippen LogP contribution is 2.23. The molecule has 2 rings (SSSR count). The molecule has 0 aliphatic rings. The van der Waals surface area contributed by atoms with Crippen LogP contribution in [0.15, 0.2) is 23.4 Å². The van der Waals surface area contributed by atoms with E-state index in [9.17, 15) is 13.6 Å². The van der Waals surface area contributed by atoms with Gasteiger partial charge in [-0.3, -0.25) is 9.89 Å². The van der Waals surface area contributed by atoms with Gasteiger partial charge in [0.15, 0.2) is 5.78 Å². The van der Waals surface area contributed by atoms with Gasteiger partial charge in [-0.1, -0.05) is 11.8 Å². The molecule has 100 valence electrons. The van der Waals surface area contributed by atoms with E-state index in [1.54, 1.807) is 13.8 Å². The van der Waals surface area contributed by atoms with Crippen LogP contribution >= 0.6 is 11.8 Å². The van der Waals surface area contributed by atoms with Gasteiger partial charge in [-0.15, -0.1) is 5.10 Å². The molecule has 1 N–H and O–H groups in total. The molecule has 0 radical (unpaired) electrons. The zero-order valence-corrected chi connectivity index (χ0v) is 11.1. The lowest BCUT2D eigenvalue weighted by molar-refractivity contribution is 0.0990. The minimum Gasteiger partial charge on any atom is -0.293 e. The number of aromatic amines is 1. The molecule has 0 aliphatic heterocycles. The van der Waals surface area contributed by atoms with Gasteiger partial charge in [0.25, 0.3) is 0 Å². The first kappa shape index (κ1) is 13.7. The fourth-order valence-electron chi connectivity index (χ4n) is 1.49. The monoisotopic (exact) mass is 283 g/mol. The second kappa shape index (κ2) is 5.48. The maximum Gasteiger partial charge on any atom is 0.209 e. The second-order valence-corrected chi connectivity index (χ2v) is 5.26. The molecule has 0 fully saturated rings. The van der Waals surface area contributed by atoms with Gasteiger partial charge in [-0.2, -0.15) is 0 Å². The summed E-state index contributed by atoms with van der Waals surface area (Å²) in [6, 6.07) is 2.90. The molecule has 19 heavy (non-hydrogen) atoms. The van der Waals surface area contributed by atoms with Crippen molar-refractivity contribution in [2.75, 3.05) is 0 Å². The second-order valence-electron chi connectivity index (χ2n) is 3.95. The summed E-state index contributed by atoms with van der Waals surface area (Å²) in [4.78, 5) is 16.1. The van der Waals surface area contributed by atoms with Crippen molar-refractivity contribution < 1.29 is 13.6 Å². The number of nitrogens with one attached hydrogen (secondary N) is 1. The highest BCUT2D eigenvalue weighted by atomic mass is 32.2. The quantitative estimate of drug-likeness (QED) is 0.692. The van der Waals surface area contributed by atoms with Crippen LogP contribution in [0.5, 0.6) is 0 Å². The van der Waals surface area contributed by atoms with Crippen LogP contribution in [0.25, 0.3) is 0 Å². The van der Waals surface area contributed by atoms with E-state index in [1.807, 2.05) is 0 Å². The van der Waals surface area contributed by atoms with E-state index in [2.05, 4.69) is 15.2 Å². The number of nitrogens with zero attached hydrogens (tertiary/aromatic N) is 2. The molecule has 0 saturated carbocycles. The molecular weight excluding hydrogens is 272 g/mol. The highest BCUT2D eigenvalue weighted by Gasteiger charge is 2.21. The Morgan fingerprint density at radius 2 is 2.16 bits per heavy atom. The third-order valence-electron chi connectivity index (χ3n) is 2.42. The van der Waals surface area contributed by atoms with Crippen LogP contribution < -0.4 is 0 Å². The molecule has 1 unspecified atom stereocenters. The minimum absolute atomic E-state index is 0.131. The fourth-order valence-corrected chi connectivity index (χ4v) is 2.33. The van der Waals surface area contributed by atoms with Crippen molar-refractivity contribution in [1.29, 1.82) is 0 Å². The molecule has 7 heteroatoms. The Labute approximate surface area is 112 Å². The smallest absolute Gasteiger partial charge is 0.209 e. The summed E-state index contributed by atoms with van der Waals surface area (Å²) in [5.41, 5.74) is -0.131. The molecule has 0 bridgehead atoms. The number of benzene rings is 1. The Kier molecular flexibility index (Phi) is 3.94. The summed E-state index contributed by atoms with van der Waals surface area (Å²) in [6.07, 6.45) is 0. The largest absolute Gasteiger partial charge is 0.293 e. The summed E-state index contributed by atoms with van der Waals surface area (Å²) >= 11 is 1.12. The van der Waals surface area contributed by atoms with Gasteiger partial charge in [0, 0.05) is 6.07 Å². The molecule has 1 aromatic heterocycles. The van der Waals surface area contributed by atoms with Crippen LogP contribution in [0, 0.1) is 18.6 Å². The maximum absolute atomic E-state index is 13.5. The standard InChI is InChI=1S/C12H11F2N3OS/c1-6(19-12-15-7(2)16-17-12)11(18)9-4-3-8(13)5-10(9)14/h3-6H,1-2H3,(H,15,16,17). The van der Waals surface area contributed by atoms with E-state index in [1.165, 1.54) is 0 Å². The van der Waals surface area contributed by atoms with Gasteiger partial charge in [0.05, 0.1) is 10.8 Å². The SMILES string of the molecule is Cc1nc(SC(C)C(=O)c2ccc(F)cc2F)n[nH]1. The van der Waals surface area contributed by atoms with Crippen LogP contribution in [0.4, 0.5) is 8.78 Å². The van der Waals surface area contributed by atoms with Crippen molar-refractivity contribution >= 4 is 17.5 Å². The number of Topliss-reactive ketones (excluding diaryl/α,β-unsaturated/α-hetero) is 1.